The third kappa shape index (κ3) is 4.03. The van der Waals surface area contributed by atoms with Crippen LogP contribution in [0.5, 0.6) is 0 Å². The van der Waals surface area contributed by atoms with Crippen molar-refractivity contribution in [3.63, 3.8) is 0 Å². The van der Waals surface area contributed by atoms with Crippen LogP contribution >= 0.6 is 11.6 Å². The van der Waals surface area contributed by atoms with Gasteiger partial charge in [0.25, 0.3) is 10.1 Å². The van der Waals surface area contributed by atoms with Gasteiger partial charge in [0.2, 0.25) is 0 Å². The van der Waals surface area contributed by atoms with Gasteiger partial charge in [-0.25, -0.2) is 9.50 Å². The van der Waals surface area contributed by atoms with Gasteiger partial charge in [0, 0.05) is 40.2 Å². The zero-order valence-corrected chi connectivity index (χ0v) is 17.6. The zero-order chi connectivity index (χ0) is 21.6. The minimum Gasteiger partial charge on any atom is -0.282 e. The van der Waals surface area contributed by atoms with Crippen LogP contribution in [0.4, 0.5) is 0 Å². The maximum absolute atomic E-state index is 11.3. The van der Waals surface area contributed by atoms with Crippen molar-refractivity contribution < 1.29 is 13.0 Å². The molecule has 0 amide bonds. The maximum Gasteiger partial charge on any atom is 0.296 e. The average Bonchev–Trinajstić information content (AvgIpc) is 3.52. The molecule has 0 saturated heterocycles. The van der Waals surface area contributed by atoms with E-state index in [4.69, 9.17) is 16.6 Å². The highest BCUT2D eigenvalue weighted by molar-refractivity contribution is 7.85. The van der Waals surface area contributed by atoms with Crippen molar-refractivity contribution in [2.24, 2.45) is 0 Å². The Labute approximate surface area is 183 Å². The van der Waals surface area contributed by atoms with Gasteiger partial charge >= 0.3 is 0 Å². The molecular weight excluding hydrogens is 436 g/mol. The first-order valence-electron chi connectivity index (χ1n) is 9.48. The van der Waals surface area contributed by atoms with Crippen molar-refractivity contribution >= 4 is 27.4 Å². The van der Waals surface area contributed by atoms with E-state index < -0.39 is 10.1 Å². The molecule has 1 aliphatic rings. The quantitative estimate of drug-likeness (QED) is 0.374. The van der Waals surface area contributed by atoms with Crippen LogP contribution in [0.25, 0.3) is 16.9 Å². The summed E-state index contributed by atoms with van der Waals surface area (Å²) in [6.07, 6.45) is 6.35. The molecule has 5 rings (SSSR count). The summed E-state index contributed by atoms with van der Waals surface area (Å²) in [5.41, 5.74) is 4.42. The van der Waals surface area contributed by atoms with Crippen molar-refractivity contribution in [1.82, 2.24) is 19.6 Å². The summed E-state index contributed by atoms with van der Waals surface area (Å²) in [5, 5.41) is 5.13. The first-order valence-corrected chi connectivity index (χ1v) is 11.3. The van der Waals surface area contributed by atoms with Crippen LogP contribution in [0, 0.1) is 11.8 Å². The lowest BCUT2D eigenvalue weighted by Gasteiger charge is -2.08. The Morgan fingerprint density at radius 2 is 1.84 bits per heavy atom. The smallest absolute Gasteiger partial charge is 0.282 e. The van der Waals surface area contributed by atoms with Gasteiger partial charge in [-0.15, -0.1) is 0 Å². The van der Waals surface area contributed by atoms with Crippen molar-refractivity contribution in [2.75, 3.05) is 0 Å². The zero-order valence-electron chi connectivity index (χ0n) is 16.0. The van der Waals surface area contributed by atoms with E-state index in [9.17, 15) is 13.0 Å². The Morgan fingerprint density at radius 3 is 2.55 bits per heavy atom. The van der Waals surface area contributed by atoms with Gasteiger partial charge < -0.3 is 0 Å². The van der Waals surface area contributed by atoms with Crippen LogP contribution in [-0.4, -0.2) is 32.6 Å². The monoisotopic (exact) mass is 450 g/mol. The highest BCUT2D eigenvalue weighted by Gasteiger charge is 2.28. The van der Waals surface area contributed by atoms with Crippen molar-refractivity contribution in [3.8, 4) is 23.1 Å². The molecule has 9 heteroatoms. The number of hydrogen-bond acceptors (Lipinski definition) is 5. The van der Waals surface area contributed by atoms with E-state index in [0.29, 0.717) is 27.7 Å². The molecule has 0 aliphatic heterocycles. The fraction of sp³-hybridized carbons (Fsp3) is 0.136. The second-order valence-corrected chi connectivity index (χ2v) is 9.13. The SMILES string of the molecule is O=S(=O)(O)c1cncc(C#Cc2cnn3c(C4CC4)cc(-c4ccc(Cl)cc4)nc23)c1. The third-order valence-electron chi connectivity index (χ3n) is 4.99. The molecule has 3 aromatic heterocycles. The van der Waals surface area contributed by atoms with E-state index >= 15 is 0 Å². The van der Waals surface area contributed by atoms with Crippen LogP contribution in [0.2, 0.25) is 5.02 Å². The summed E-state index contributed by atoms with van der Waals surface area (Å²) in [5.74, 6) is 6.33. The summed E-state index contributed by atoms with van der Waals surface area (Å²) in [6, 6.07) is 10.8. The molecule has 1 saturated carbocycles. The molecule has 31 heavy (non-hydrogen) atoms. The second kappa shape index (κ2) is 7.46. The Hall–Kier alpha value is -3.25. The summed E-state index contributed by atoms with van der Waals surface area (Å²) in [6.45, 7) is 0. The van der Waals surface area contributed by atoms with E-state index in [0.717, 1.165) is 36.0 Å². The van der Waals surface area contributed by atoms with Gasteiger partial charge in [-0.2, -0.15) is 13.5 Å². The topological polar surface area (TPSA) is 97.5 Å². The molecule has 7 nitrogen and oxygen atoms in total. The first-order chi connectivity index (χ1) is 14.9. The van der Waals surface area contributed by atoms with E-state index in [1.807, 2.05) is 28.8 Å². The molecule has 1 N–H and O–H groups in total. The number of pyridine rings is 1. The van der Waals surface area contributed by atoms with Crippen LogP contribution < -0.4 is 0 Å². The van der Waals surface area contributed by atoms with Gasteiger partial charge in [-0.1, -0.05) is 35.6 Å². The number of hydrogen-bond donors (Lipinski definition) is 1. The largest absolute Gasteiger partial charge is 0.296 e. The van der Waals surface area contributed by atoms with Crippen LogP contribution in [-0.2, 0) is 10.1 Å². The Bertz CT molecular complexity index is 1480. The predicted octanol–water partition coefficient (Wildman–Crippen LogP) is 3.97. The van der Waals surface area contributed by atoms with Crippen molar-refractivity contribution in [2.45, 2.75) is 23.7 Å². The molecule has 0 bridgehead atoms. The van der Waals surface area contributed by atoms with Gasteiger partial charge in [-0.3, -0.25) is 9.54 Å². The third-order valence-corrected chi connectivity index (χ3v) is 6.06. The highest BCUT2D eigenvalue weighted by atomic mass is 35.5. The van der Waals surface area contributed by atoms with Crippen LogP contribution in [0.15, 0.2) is 59.9 Å². The summed E-state index contributed by atoms with van der Waals surface area (Å²) in [7, 11) is -4.35. The Kier molecular flexibility index (Phi) is 4.74. The average molecular weight is 451 g/mol. The molecule has 3 heterocycles. The minimum atomic E-state index is -4.35. The molecule has 154 valence electrons. The number of halogens is 1. The molecule has 1 aromatic carbocycles. The lowest BCUT2D eigenvalue weighted by atomic mass is 10.1. The number of nitrogens with zero attached hydrogens (tertiary/aromatic N) is 4. The molecule has 1 fully saturated rings. The number of aromatic nitrogens is 4. The molecular formula is C22H15ClN4O3S. The summed E-state index contributed by atoms with van der Waals surface area (Å²) < 4.78 is 33.7. The van der Waals surface area contributed by atoms with Crippen molar-refractivity contribution in [1.29, 1.82) is 0 Å². The molecule has 0 unspecified atom stereocenters. The molecule has 0 spiro atoms. The highest BCUT2D eigenvalue weighted by Crippen LogP contribution is 2.41. The van der Waals surface area contributed by atoms with Crippen molar-refractivity contribution in [3.05, 3.63) is 76.8 Å². The van der Waals surface area contributed by atoms with Gasteiger partial charge in [-0.05, 0) is 37.1 Å². The lowest BCUT2D eigenvalue weighted by Crippen LogP contribution is -2.01. The molecule has 1 aliphatic carbocycles. The first kappa shape index (κ1) is 19.7. The van der Waals surface area contributed by atoms with E-state index in [1.165, 1.54) is 12.3 Å². The summed E-state index contributed by atoms with van der Waals surface area (Å²) >= 11 is 6.02. The van der Waals surface area contributed by atoms with E-state index in [-0.39, 0.29) is 4.90 Å². The van der Waals surface area contributed by atoms with Crippen LogP contribution in [0.3, 0.4) is 0 Å². The normalized spacial score (nSPS) is 13.7. The molecule has 0 atom stereocenters. The number of rotatable bonds is 3. The lowest BCUT2D eigenvalue weighted by molar-refractivity contribution is 0.482. The van der Waals surface area contributed by atoms with E-state index in [2.05, 4.69) is 28.0 Å². The Balaban J connectivity index is 1.61. The number of fused-ring (bicyclic) bond motifs is 1. The molecule has 0 radical (unpaired) electrons. The van der Waals surface area contributed by atoms with Gasteiger partial charge in [0.05, 0.1) is 17.5 Å². The van der Waals surface area contributed by atoms with Gasteiger partial charge in [0.15, 0.2) is 5.65 Å². The van der Waals surface area contributed by atoms with Crippen LogP contribution in [0.1, 0.15) is 35.6 Å². The summed E-state index contributed by atoms with van der Waals surface area (Å²) in [4.78, 5) is 8.30. The second-order valence-electron chi connectivity index (χ2n) is 7.28. The Morgan fingerprint density at radius 1 is 1.06 bits per heavy atom. The van der Waals surface area contributed by atoms with E-state index in [1.54, 1.807) is 6.20 Å². The van der Waals surface area contributed by atoms with Gasteiger partial charge in [0.1, 0.15) is 4.90 Å². The fourth-order valence-corrected chi connectivity index (χ4v) is 3.88. The standard InChI is InChI=1S/C22H15ClN4O3S/c23-18-7-5-15(6-8-18)20-10-21(16-3-4-16)27-22(26-20)17(12-25-27)2-1-14-9-19(13-24-11-14)31(28,29)30/h5-13,16H,3-4H2,(H,28,29,30). The predicted molar refractivity (Wildman–Crippen MR) is 115 cm³/mol. The fourth-order valence-electron chi connectivity index (χ4n) is 3.28. The molecule has 4 aromatic rings. The number of benzene rings is 1. The minimum absolute atomic E-state index is 0.307. The maximum atomic E-state index is 11.3.